The zero-order chi connectivity index (χ0) is 40.7. The maximum atomic E-state index is 12.6. The van der Waals surface area contributed by atoms with Crippen molar-refractivity contribution in [3.63, 3.8) is 0 Å². The predicted octanol–water partition coefficient (Wildman–Crippen LogP) is 7.13. The third-order valence-electron chi connectivity index (χ3n) is 6.55. The van der Waals surface area contributed by atoms with Gasteiger partial charge in [-0.25, -0.2) is 31.9 Å². The second kappa shape index (κ2) is 18.8. The summed E-state index contributed by atoms with van der Waals surface area (Å²) in [4.78, 5) is 47.2. The highest BCUT2D eigenvalue weighted by atomic mass is 35.5. The quantitative estimate of drug-likeness (QED) is 0.125. The lowest BCUT2D eigenvalue weighted by Crippen LogP contribution is -2.26. The number of carbonyl (C=O) groups is 4. The molecule has 4 aromatic rings. The van der Waals surface area contributed by atoms with Gasteiger partial charge in [0.2, 0.25) is 20.0 Å². The van der Waals surface area contributed by atoms with E-state index in [4.69, 9.17) is 44.3 Å². The molecule has 54 heavy (non-hydrogen) atoms. The minimum atomic E-state index is -4.05. The van der Waals surface area contributed by atoms with Gasteiger partial charge in [0.05, 0.1) is 15.6 Å². The second-order valence-corrected chi connectivity index (χ2v) is 17.9. The Hall–Kier alpha value is -4.28. The summed E-state index contributed by atoms with van der Waals surface area (Å²) in [5.74, 6) is -1.97. The van der Waals surface area contributed by atoms with E-state index in [-0.39, 0.29) is 72.0 Å². The van der Waals surface area contributed by atoms with E-state index in [1.807, 2.05) is 41.5 Å². The van der Waals surface area contributed by atoms with E-state index in [0.29, 0.717) is 17.5 Å². The minimum Gasteiger partial charge on any atom is -0.478 e. The number of Topliss-reactive ketones (excluding diaryl/α,β-unsaturated/α-hetero) is 1. The van der Waals surface area contributed by atoms with Gasteiger partial charge >= 0.3 is 5.97 Å². The smallest absolute Gasteiger partial charge is 0.335 e. The normalized spacial score (nSPS) is 11.5. The summed E-state index contributed by atoms with van der Waals surface area (Å²) in [6.07, 6.45) is 0.398. The van der Waals surface area contributed by atoms with Crippen LogP contribution in [0.5, 0.6) is 0 Å². The van der Waals surface area contributed by atoms with Gasteiger partial charge < -0.3 is 10.8 Å². The number of carboxylic acid groups (broad SMARTS) is 1. The van der Waals surface area contributed by atoms with E-state index in [9.17, 15) is 36.0 Å². The van der Waals surface area contributed by atoms with Crippen molar-refractivity contribution in [3.05, 3.63) is 128 Å². The first-order valence-corrected chi connectivity index (χ1v) is 19.4. The zero-order valence-corrected chi connectivity index (χ0v) is 33.0. The molecule has 0 aliphatic heterocycles. The Balaban J connectivity index is 0.000000476. The van der Waals surface area contributed by atoms with Crippen molar-refractivity contribution in [2.24, 2.45) is 21.4 Å². The van der Waals surface area contributed by atoms with E-state index in [1.54, 1.807) is 24.3 Å². The summed E-state index contributed by atoms with van der Waals surface area (Å²) in [6.45, 7) is 11.8. The average molecular weight is 823 g/mol. The first-order valence-electron chi connectivity index (χ1n) is 15.6. The molecule has 0 aliphatic carbocycles. The number of carbonyl (C=O) groups excluding carboxylic acids is 3. The van der Waals surface area contributed by atoms with Crippen LogP contribution in [0.1, 0.15) is 108 Å². The molecule has 0 aliphatic rings. The van der Waals surface area contributed by atoms with Gasteiger partial charge in [-0.05, 0) is 74.7 Å². The van der Waals surface area contributed by atoms with E-state index >= 15 is 0 Å². The Morgan fingerprint density at radius 2 is 0.852 bits per heavy atom. The van der Waals surface area contributed by atoms with Crippen molar-refractivity contribution >= 4 is 66.6 Å². The summed E-state index contributed by atoms with van der Waals surface area (Å²) in [6, 6.07) is 19.1. The number of sulfonamides is 2. The fraction of sp³-hybridized carbons (Fsp3) is 0.263. The molecule has 0 spiro atoms. The SMILES string of the molecule is C.CC(C)(C)CC(=O)c1ccc(C(=O)c2ccc(Cl)c(S(N)(=O)=O)c2)cc1.CC(C)(C)N.NS(=O)(=O)c1cc(C(=O)c2ccc(C(=O)O)cc2)ccc1Cl. The molecule has 0 amide bonds. The molecular formula is C38H45Cl2N3O9S2. The lowest BCUT2D eigenvalue weighted by atomic mass is 9.87. The molecule has 16 heteroatoms. The summed E-state index contributed by atoms with van der Waals surface area (Å²) in [7, 11) is -8.09. The van der Waals surface area contributed by atoms with Crippen molar-refractivity contribution in [3.8, 4) is 0 Å². The first-order chi connectivity index (χ1) is 24.1. The third-order valence-corrected chi connectivity index (χ3v) is 9.34. The highest BCUT2D eigenvalue weighted by molar-refractivity contribution is 7.89. The second-order valence-electron chi connectivity index (χ2n) is 14.0. The van der Waals surface area contributed by atoms with Gasteiger partial charge in [-0.2, -0.15) is 0 Å². The molecule has 0 aromatic heterocycles. The maximum absolute atomic E-state index is 12.6. The van der Waals surface area contributed by atoms with Crippen molar-refractivity contribution in [1.82, 2.24) is 0 Å². The van der Waals surface area contributed by atoms with Crippen LogP contribution >= 0.6 is 23.2 Å². The number of benzene rings is 4. The van der Waals surface area contributed by atoms with Gasteiger partial charge in [-0.3, -0.25) is 14.4 Å². The number of aromatic carboxylic acids is 1. The molecule has 0 saturated heterocycles. The van der Waals surface area contributed by atoms with Crippen LogP contribution in [0.25, 0.3) is 0 Å². The van der Waals surface area contributed by atoms with Crippen LogP contribution in [0.15, 0.2) is 94.7 Å². The lowest BCUT2D eigenvalue weighted by molar-refractivity contribution is 0.0695. The predicted molar refractivity (Wildman–Crippen MR) is 211 cm³/mol. The van der Waals surface area contributed by atoms with Crippen LogP contribution in [0, 0.1) is 5.41 Å². The molecule has 12 nitrogen and oxygen atoms in total. The Kier molecular flexibility index (Phi) is 16.7. The van der Waals surface area contributed by atoms with Crippen molar-refractivity contribution in [2.45, 2.75) is 70.7 Å². The van der Waals surface area contributed by atoms with Gasteiger partial charge in [0.1, 0.15) is 9.79 Å². The van der Waals surface area contributed by atoms with Crippen molar-refractivity contribution < 1.29 is 41.1 Å². The van der Waals surface area contributed by atoms with Gasteiger partial charge in [-0.15, -0.1) is 0 Å². The molecular weight excluding hydrogens is 777 g/mol. The molecule has 7 N–H and O–H groups in total. The molecule has 292 valence electrons. The van der Waals surface area contributed by atoms with Crippen molar-refractivity contribution in [2.75, 3.05) is 0 Å². The number of carboxylic acids is 1. The van der Waals surface area contributed by atoms with E-state index in [0.717, 1.165) is 12.1 Å². The van der Waals surface area contributed by atoms with Crippen LogP contribution in [-0.4, -0.2) is 50.8 Å². The lowest BCUT2D eigenvalue weighted by Gasteiger charge is -2.16. The van der Waals surface area contributed by atoms with Crippen LogP contribution in [0.4, 0.5) is 0 Å². The van der Waals surface area contributed by atoms with Gasteiger partial charge in [-0.1, -0.05) is 87.8 Å². The molecule has 0 radical (unpaired) electrons. The average Bonchev–Trinajstić information content (AvgIpc) is 3.02. The fourth-order valence-corrected chi connectivity index (χ4v) is 6.36. The Bertz CT molecular complexity index is 2220. The number of hydrogen-bond acceptors (Lipinski definition) is 9. The molecule has 4 rings (SSSR count). The monoisotopic (exact) mass is 821 g/mol. The Labute approximate surface area is 326 Å². The number of ketones is 3. The van der Waals surface area contributed by atoms with Crippen molar-refractivity contribution in [1.29, 1.82) is 0 Å². The topological polar surface area (TPSA) is 235 Å². The molecule has 0 saturated carbocycles. The van der Waals surface area contributed by atoms with Crippen LogP contribution in [0.2, 0.25) is 10.0 Å². The van der Waals surface area contributed by atoms with E-state index in [1.165, 1.54) is 48.5 Å². The highest BCUT2D eigenvalue weighted by Gasteiger charge is 2.20. The van der Waals surface area contributed by atoms with Gasteiger partial charge in [0.25, 0.3) is 0 Å². The Morgan fingerprint density at radius 1 is 0.574 bits per heavy atom. The maximum Gasteiger partial charge on any atom is 0.335 e. The number of rotatable bonds is 9. The Morgan fingerprint density at radius 3 is 1.13 bits per heavy atom. The summed E-state index contributed by atoms with van der Waals surface area (Å²) in [5, 5.41) is 18.8. The van der Waals surface area contributed by atoms with Gasteiger partial charge in [0, 0.05) is 39.8 Å². The first kappa shape index (κ1) is 47.7. The van der Waals surface area contributed by atoms with E-state index in [2.05, 4.69) is 0 Å². The number of nitrogens with two attached hydrogens (primary N) is 3. The molecule has 0 fully saturated rings. The molecule has 0 unspecified atom stereocenters. The van der Waals surface area contributed by atoms with Crippen LogP contribution in [-0.2, 0) is 20.0 Å². The van der Waals surface area contributed by atoms with Crippen LogP contribution in [0.3, 0.4) is 0 Å². The largest absolute Gasteiger partial charge is 0.478 e. The minimum absolute atomic E-state index is 0. The molecule has 0 heterocycles. The standard InChI is InChI=1S/C19H20ClNO4S.C14H10ClNO5S.C4H11N.CH4/c1-19(2,3)11-16(22)12-4-6-13(7-5-12)18(23)14-8-9-15(20)17(10-14)26(21,24)25;15-11-6-5-10(7-12(11)22(16,20)21)13(17)8-1-3-9(4-2-8)14(18)19;1-4(2,3)5;/h4-10H,11H2,1-3H3,(H2,21,24,25);1-7H,(H,18,19)(H2,16,20,21);5H2,1-3H3;1H4. The summed E-state index contributed by atoms with van der Waals surface area (Å²) in [5.41, 5.74) is 6.57. The fourth-order valence-electron chi connectivity index (χ4n) is 4.21. The summed E-state index contributed by atoms with van der Waals surface area (Å²) < 4.78 is 45.9. The number of primary sulfonamides is 2. The van der Waals surface area contributed by atoms with Gasteiger partial charge in [0.15, 0.2) is 17.3 Å². The molecule has 4 aromatic carbocycles. The zero-order valence-electron chi connectivity index (χ0n) is 29.8. The molecule has 0 atom stereocenters. The highest BCUT2D eigenvalue weighted by Crippen LogP contribution is 2.25. The third kappa shape index (κ3) is 15.2. The molecule has 0 bridgehead atoms. The number of hydrogen-bond donors (Lipinski definition) is 4. The summed E-state index contributed by atoms with van der Waals surface area (Å²) >= 11 is 11.6. The number of halogens is 2. The van der Waals surface area contributed by atoms with Crippen LogP contribution < -0.4 is 16.0 Å². The van der Waals surface area contributed by atoms with E-state index < -0.39 is 31.8 Å².